The molecule has 34 heavy (non-hydrogen) atoms. The van der Waals surface area contributed by atoms with E-state index < -0.39 is 12.1 Å². The predicted octanol–water partition coefficient (Wildman–Crippen LogP) is 5.68. The van der Waals surface area contributed by atoms with Crippen molar-refractivity contribution in [2.45, 2.75) is 86.3 Å². The molecule has 1 aliphatic heterocycles. The highest BCUT2D eigenvalue weighted by atomic mass is 32.1. The number of β-amino-alcohol motifs (C(OH)–C–C–N with tert-alkyl or cyclic N) is 1. The standard InChI is InChI=1S/C28H40N2O3S/c1-18-25(34-17-29-18)20-11-8-19(9-12-20)10-13-24(32)23-14-21(31)16-30(23)26(33)22(28(5,6)7)15-27(2,3)4/h8-9,11-12,17,21-23,31H,10,13-16H2,1-7H3/t21-,22-,23+/m0/s1. The number of nitrogens with zero attached hydrogens (tertiary/aromatic N) is 2. The van der Waals surface area contributed by atoms with Crippen LogP contribution in [0.2, 0.25) is 0 Å². The summed E-state index contributed by atoms with van der Waals surface area (Å²) in [6.07, 6.45) is 1.42. The number of likely N-dealkylation sites (tertiary alicyclic amines) is 1. The first-order chi connectivity index (χ1) is 15.8. The first-order valence-corrected chi connectivity index (χ1v) is 13.1. The molecule has 2 heterocycles. The van der Waals surface area contributed by atoms with Crippen molar-refractivity contribution in [3.8, 4) is 10.4 Å². The van der Waals surface area contributed by atoms with Gasteiger partial charge in [-0.25, -0.2) is 4.98 Å². The van der Waals surface area contributed by atoms with Crippen molar-refractivity contribution in [3.05, 3.63) is 41.0 Å². The number of ketones is 1. The summed E-state index contributed by atoms with van der Waals surface area (Å²) in [6.45, 7) is 14.9. The van der Waals surface area contributed by atoms with Gasteiger partial charge in [0.1, 0.15) is 0 Å². The second-order valence-electron chi connectivity index (χ2n) is 12.0. The van der Waals surface area contributed by atoms with Gasteiger partial charge in [0.15, 0.2) is 5.78 Å². The first-order valence-electron chi connectivity index (χ1n) is 12.3. The van der Waals surface area contributed by atoms with Crippen LogP contribution < -0.4 is 0 Å². The van der Waals surface area contributed by atoms with Crippen molar-refractivity contribution in [2.24, 2.45) is 16.7 Å². The maximum atomic E-state index is 13.6. The molecule has 2 aromatic rings. The van der Waals surface area contributed by atoms with E-state index in [1.807, 2.05) is 12.4 Å². The number of carbonyl (C=O) groups is 2. The van der Waals surface area contributed by atoms with E-state index in [0.717, 1.165) is 23.2 Å². The normalized spacial score (nSPS) is 19.9. The highest BCUT2D eigenvalue weighted by Gasteiger charge is 2.44. The summed E-state index contributed by atoms with van der Waals surface area (Å²) in [5.41, 5.74) is 4.89. The van der Waals surface area contributed by atoms with E-state index in [4.69, 9.17) is 0 Å². The molecule has 0 saturated carbocycles. The first kappa shape index (κ1) is 26.6. The van der Waals surface area contributed by atoms with Gasteiger partial charge in [-0.1, -0.05) is 65.8 Å². The Kier molecular flexibility index (Phi) is 8.03. The lowest BCUT2D eigenvalue weighted by Gasteiger charge is -2.38. The Morgan fingerprint density at radius 2 is 1.79 bits per heavy atom. The molecule has 3 atom stereocenters. The van der Waals surface area contributed by atoms with Gasteiger partial charge in [0, 0.05) is 25.3 Å². The average Bonchev–Trinajstić information content (AvgIpc) is 3.34. The number of amides is 1. The lowest BCUT2D eigenvalue weighted by atomic mass is 9.71. The van der Waals surface area contributed by atoms with Crippen LogP contribution in [0, 0.1) is 23.7 Å². The molecule has 0 unspecified atom stereocenters. The van der Waals surface area contributed by atoms with Crippen LogP contribution in [0.15, 0.2) is 29.8 Å². The van der Waals surface area contributed by atoms with E-state index in [9.17, 15) is 14.7 Å². The van der Waals surface area contributed by atoms with Crippen molar-refractivity contribution in [3.63, 3.8) is 0 Å². The minimum absolute atomic E-state index is 0.00149. The van der Waals surface area contributed by atoms with Crippen LogP contribution in [0.4, 0.5) is 0 Å². The Morgan fingerprint density at radius 1 is 1.15 bits per heavy atom. The Hall–Kier alpha value is -2.05. The van der Waals surface area contributed by atoms with Gasteiger partial charge in [-0.2, -0.15) is 0 Å². The maximum absolute atomic E-state index is 13.6. The lowest BCUT2D eigenvalue weighted by molar-refractivity contribution is -0.145. The SMILES string of the molecule is Cc1ncsc1-c1ccc(CCC(=O)[C@H]2C[C@H](O)CN2C(=O)[C@H](CC(C)(C)C)C(C)(C)C)cc1. The third-order valence-electron chi connectivity index (χ3n) is 6.72. The van der Waals surface area contributed by atoms with Crippen molar-refractivity contribution < 1.29 is 14.7 Å². The van der Waals surface area contributed by atoms with Gasteiger partial charge < -0.3 is 10.0 Å². The summed E-state index contributed by atoms with van der Waals surface area (Å²) in [4.78, 5) is 34.0. The molecule has 3 rings (SSSR count). The van der Waals surface area contributed by atoms with E-state index in [0.29, 0.717) is 19.3 Å². The Morgan fingerprint density at radius 3 is 2.32 bits per heavy atom. The number of rotatable bonds is 7. The largest absolute Gasteiger partial charge is 0.391 e. The van der Waals surface area contributed by atoms with Crippen LogP contribution in [0.5, 0.6) is 0 Å². The van der Waals surface area contributed by atoms with Gasteiger partial charge >= 0.3 is 0 Å². The number of aromatic nitrogens is 1. The quantitative estimate of drug-likeness (QED) is 0.549. The Balaban J connectivity index is 1.68. The van der Waals surface area contributed by atoms with Crippen LogP contribution in [-0.4, -0.2) is 45.4 Å². The molecule has 0 bridgehead atoms. The Bertz CT molecular complexity index is 998. The summed E-state index contributed by atoms with van der Waals surface area (Å²) in [5, 5.41) is 10.4. The summed E-state index contributed by atoms with van der Waals surface area (Å²) < 4.78 is 0. The van der Waals surface area contributed by atoms with E-state index in [2.05, 4.69) is 70.8 Å². The third kappa shape index (κ3) is 6.54. The van der Waals surface area contributed by atoms with Gasteiger partial charge in [0.05, 0.1) is 28.2 Å². The molecule has 1 amide bonds. The number of aryl methyl sites for hydroxylation is 2. The maximum Gasteiger partial charge on any atom is 0.226 e. The molecule has 6 heteroatoms. The number of aliphatic hydroxyl groups excluding tert-OH is 1. The topological polar surface area (TPSA) is 70.5 Å². The third-order valence-corrected chi connectivity index (χ3v) is 7.69. The molecule has 1 aliphatic rings. The summed E-state index contributed by atoms with van der Waals surface area (Å²) >= 11 is 1.63. The van der Waals surface area contributed by atoms with Gasteiger partial charge in [-0.05, 0) is 41.7 Å². The van der Waals surface area contributed by atoms with Gasteiger partial charge in [0.2, 0.25) is 5.91 Å². The molecule has 1 saturated heterocycles. The van der Waals surface area contributed by atoms with Gasteiger partial charge in [-0.3, -0.25) is 9.59 Å². The van der Waals surface area contributed by atoms with Crippen molar-refractivity contribution in [2.75, 3.05) is 6.54 Å². The molecule has 0 spiro atoms. The van der Waals surface area contributed by atoms with Crippen LogP contribution in [0.25, 0.3) is 10.4 Å². The predicted molar refractivity (Wildman–Crippen MR) is 139 cm³/mol. The number of thiazole rings is 1. The second-order valence-corrected chi connectivity index (χ2v) is 12.9. The molecule has 1 aromatic heterocycles. The number of hydrogen-bond acceptors (Lipinski definition) is 5. The molecule has 1 N–H and O–H groups in total. The molecular weight excluding hydrogens is 444 g/mol. The molecule has 186 valence electrons. The zero-order valence-corrected chi connectivity index (χ0v) is 22.5. The zero-order valence-electron chi connectivity index (χ0n) is 21.7. The summed E-state index contributed by atoms with van der Waals surface area (Å²) in [5.74, 6) is -0.159. The zero-order chi connectivity index (χ0) is 25.3. The van der Waals surface area contributed by atoms with Crippen molar-refractivity contribution in [1.29, 1.82) is 0 Å². The molecule has 0 radical (unpaired) electrons. The summed E-state index contributed by atoms with van der Waals surface area (Å²) in [6, 6.07) is 7.75. The molecule has 0 aliphatic carbocycles. The van der Waals surface area contributed by atoms with E-state index >= 15 is 0 Å². The van der Waals surface area contributed by atoms with Crippen molar-refractivity contribution in [1.82, 2.24) is 9.88 Å². The minimum atomic E-state index is -0.643. The number of carbonyl (C=O) groups excluding carboxylic acids is 2. The van der Waals surface area contributed by atoms with Crippen LogP contribution in [0.1, 0.15) is 72.1 Å². The van der Waals surface area contributed by atoms with Crippen LogP contribution in [-0.2, 0) is 16.0 Å². The number of benzene rings is 1. The van der Waals surface area contributed by atoms with Crippen LogP contribution >= 0.6 is 11.3 Å². The molecule has 1 aromatic carbocycles. The fourth-order valence-corrected chi connectivity index (χ4v) is 5.59. The monoisotopic (exact) mass is 484 g/mol. The highest BCUT2D eigenvalue weighted by Crippen LogP contribution is 2.39. The molecular formula is C28H40N2O3S. The highest BCUT2D eigenvalue weighted by molar-refractivity contribution is 7.13. The Labute approximate surface area is 208 Å². The number of Topliss-reactive ketones (excluding diaryl/α,β-unsaturated/α-hetero) is 1. The number of aliphatic hydroxyl groups is 1. The second kappa shape index (κ2) is 10.3. The van der Waals surface area contributed by atoms with E-state index in [1.54, 1.807) is 16.2 Å². The van der Waals surface area contributed by atoms with E-state index in [-0.39, 0.29) is 35.0 Å². The van der Waals surface area contributed by atoms with E-state index in [1.165, 1.54) is 4.88 Å². The molecule has 1 fully saturated rings. The average molecular weight is 485 g/mol. The smallest absolute Gasteiger partial charge is 0.226 e. The lowest BCUT2D eigenvalue weighted by Crippen LogP contribution is -2.47. The number of hydrogen-bond donors (Lipinski definition) is 1. The fraction of sp³-hybridized carbons (Fsp3) is 0.607. The van der Waals surface area contributed by atoms with Crippen LogP contribution in [0.3, 0.4) is 0 Å². The fourth-order valence-electron chi connectivity index (χ4n) is 4.77. The molecule has 5 nitrogen and oxygen atoms in total. The van der Waals surface area contributed by atoms with Crippen molar-refractivity contribution >= 4 is 23.0 Å². The summed E-state index contributed by atoms with van der Waals surface area (Å²) in [7, 11) is 0. The van der Waals surface area contributed by atoms with Gasteiger partial charge in [0.25, 0.3) is 0 Å². The van der Waals surface area contributed by atoms with Gasteiger partial charge in [-0.15, -0.1) is 11.3 Å². The minimum Gasteiger partial charge on any atom is -0.391 e.